The van der Waals surface area contributed by atoms with Crippen LogP contribution in [0.3, 0.4) is 0 Å². The lowest BCUT2D eigenvalue weighted by atomic mass is 9.78. The van der Waals surface area contributed by atoms with Gasteiger partial charge >= 0.3 is 6.03 Å². The van der Waals surface area contributed by atoms with E-state index in [2.05, 4.69) is 0 Å². The molecule has 1 aliphatic carbocycles. The summed E-state index contributed by atoms with van der Waals surface area (Å²) in [6.45, 7) is 2.25. The molecule has 0 aromatic heterocycles. The van der Waals surface area contributed by atoms with Crippen molar-refractivity contribution in [3.8, 4) is 0 Å². The normalized spacial score (nSPS) is 30.8. The molecular formula is C12H20N2O3. The number of hydrogen-bond donors (Lipinski definition) is 0. The monoisotopic (exact) mass is 240 g/mol. The van der Waals surface area contributed by atoms with Crippen LogP contribution in [-0.4, -0.2) is 61.0 Å². The molecule has 1 saturated carbocycles. The Morgan fingerprint density at radius 3 is 2.12 bits per heavy atom. The van der Waals surface area contributed by atoms with E-state index in [1.165, 1.54) is 0 Å². The van der Waals surface area contributed by atoms with E-state index in [1.54, 1.807) is 0 Å². The molecule has 0 radical (unpaired) electrons. The highest BCUT2D eigenvalue weighted by Gasteiger charge is 2.53. The second-order valence-corrected chi connectivity index (χ2v) is 5.53. The number of amides is 2. The van der Waals surface area contributed by atoms with Crippen LogP contribution in [-0.2, 0) is 9.47 Å². The molecule has 3 fully saturated rings. The number of carbonyl (C=O) groups excluding carboxylic acids is 1. The van der Waals surface area contributed by atoms with Crippen molar-refractivity contribution in [2.75, 3.05) is 33.9 Å². The number of ether oxygens (including phenoxy) is 2. The van der Waals surface area contributed by atoms with Gasteiger partial charge in [-0.2, -0.15) is 0 Å². The smallest absolute Gasteiger partial charge is 0.320 e. The van der Waals surface area contributed by atoms with E-state index in [9.17, 15) is 4.79 Å². The van der Waals surface area contributed by atoms with Crippen LogP contribution >= 0.6 is 0 Å². The van der Waals surface area contributed by atoms with E-state index in [-0.39, 0.29) is 17.4 Å². The van der Waals surface area contributed by atoms with Crippen molar-refractivity contribution in [1.29, 1.82) is 0 Å². The van der Waals surface area contributed by atoms with Crippen LogP contribution in [0.2, 0.25) is 0 Å². The van der Waals surface area contributed by atoms with Gasteiger partial charge in [0.2, 0.25) is 0 Å². The number of nitrogens with zero attached hydrogens (tertiary/aromatic N) is 2. The number of hydrogen-bond acceptors (Lipinski definition) is 3. The average molecular weight is 240 g/mol. The SMILES string of the molecule is CN1CC2(CCC3(CC2)OCCO3)N(C)C1=O. The first kappa shape index (κ1) is 11.3. The van der Waals surface area contributed by atoms with Gasteiger partial charge in [-0.15, -0.1) is 0 Å². The van der Waals surface area contributed by atoms with Gasteiger partial charge in [0, 0.05) is 33.5 Å². The molecule has 0 aromatic rings. The zero-order valence-corrected chi connectivity index (χ0v) is 10.6. The third kappa shape index (κ3) is 1.56. The molecule has 0 unspecified atom stereocenters. The second-order valence-electron chi connectivity index (χ2n) is 5.53. The molecule has 2 heterocycles. The Balaban J connectivity index is 1.74. The minimum absolute atomic E-state index is 0.00634. The summed E-state index contributed by atoms with van der Waals surface area (Å²) in [6.07, 6.45) is 3.75. The van der Waals surface area contributed by atoms with Crippen molar-refractivity contribution in [1.82, 2.24) is 9.80 Å². The van der Waals surface area contributed by atoms with Crippen molar-refractivity contribution < 1.29 is 14.3 Å². The van der Waals surface area contributed by atoms with Crippen molar-refractivity contribution >= 4 is 6.03 Å². The van der Waals surface area contributed by atoms with E-state index < -0.39 is 0 Å². The Labute approximate surface area is 102 Å². The molecule has 2 aliphatic heterocycles. The Kier molecular flexibility index (Phi) is 2.38. The molecule has 0 N–H and O–H groups in total. The summed E-state index contributed by atoms with van der Waals surface area (Å²) in [5, 5.41) is 0. The molecule has 5 nitrogen and oxygen atoms in total. The number of likely N-dealkylation sites (N-methyl/N-ethyl adjacent to an activating group) is 2. The molecule has 2 saturated heterocycles. The third-order valence-corrected chi connectivity index (χ3v) is 4.61. The summed E-state index contributed by atoms with van der Waals surface area (Å²) in [4.78, 5) is 15.6. The van der Waals surface area contributed by atoms with Crippen molar-refractivity contribution in [3.05, 3.63) is 0 Å². The Bertz CT molecular complexity index is 329. The number of rotatable bonds is 0. The fourth-order valence-electron chi connectivity index (χ4n) is 3.45. The predicted octanol–water partition coefficient (Wildman–Crippen LogP) is 1.04. The molecule has 17 heavy (non-hydrogen) atoms. The van der Waals surface area contributed by atoms with Gasteiger partial charge < -0.3 is 19.3 Å². The minimum Gasteiger partial charge on any atom is -0.348 e. The van der Waals surface area contributed by atoms with Gasteiger partial charge in [-0.25, -0.2) is 4.79 Å². The highest BCUT2D eigenvalue weighted by Crippen LogP contribution is 2.44. The van der Waals surface area contributed by atoms with Gasteiger partial charge in [0.25, 0.3) is 0 Å². The number of carbonyl (C=O) groups is 1. The van der Waals surface area contributed by atoms with Crippen molar-refractivity contribution in [3.63, 3.8) is 0 Å². The summed E-state index contributed by atoms with van der Waals surface area (Å²) in [5.74, 6) is -0.337. The number of urea groups is 1. The van der Waals surface area contributed by atoms with Crippen LogP contribution in [0.25, 0.3) is 0 Å². The lowest BCUT2D eigenvalue weighted by Gasteiger charge is -2.44. The van der Waals surface area contributed by atoms with Gasteiger partial charge in [0.15, 0.2) is 5.79 Å². The van der Waals surface area contributed by atoms with E-state index in [4.69, 9.17) is 9.47 Å². The second kappa shape index (κ2) is 3.59. The van der Waals surface area contributed by atoms with E-state index in [1.807, 2.05) is 23.9 Å². The summed E-state index contributed by atoms with van der Waals surface area (Å²) in [5.41, 5.74) is 0.00634. The van der Waals surface area contributed by atoms with Crippen molar-refractivity contribution in [2.24, 2.45) is 0 Å². The highest BCUT2D eigenvalue weighted by molar-refractivity contribution is 5.77. The highest BCUT2D eigenvalue weighted by atomic mass is 16.7. The topological polar surface area (TPSA) is 42.0 Å². The maximum absolute atomic E-state index is 11.9. The van der Waals surface area contributed by atoms with E-state index in [0.29, 0.717) is 13.2 Å². The first-order chi connectivity index (χ1) is 8.07. The molecule has 3 aliphatic rings. The maximum Gasteiger partial charge on any atom is 0.320 e. The van der Waals surface area contributed by atoms with E-state index >= 15 is 0 Å². The molecule has 2 amide bonds. The molecular weight excluding hydrogens is 220 g/mol. The zero-order chi connectivity index (χ0) is 12.1. The third-order valence-electron chi connectivity index (χ3n) is 4.61. The summed E-state index contributed by atoms with van der Waals surface area (Å²) < 4.78 is 11.5. The fourth-order valence-corrected chi connectivity index (χ4v) is 3.45. The molecule has 3 rings (SSSR count). The zero-order valence-electron chi connectivity index (χ0n) is 10.6. The first-order valence-electron chi connectivity index (χ1n) is 6.34. The van der Waals surface area contributed by atoms with Crippen LogP contribution in [0.15, 0.2) is 0 Å². The summed E-state index contributed by atoms with van der Waals surface area (Å²) in [6, 6.07) is 0.134. The standard InChI is InChI=1S/C12H20N2O3/c1-13-9-11(14(2)10(13)15)3-5-12(6-4-11)16-7-8-17-12/h3-9H2,1-2H3. The summed E-state index contributed by atoms with van der Waals surface area (Å²) in [7, 11) is 3.79. The van der Waals surface area contributed by atoms with Crippen LogP contribution in [0.5, 0.6) is 0 Å². The van der Waals surface area contributed by atoms with Gasteiger partial charge in [-0.1, -0.05) is 0 Å². The van der Waals surface area contributed by atoms with Crippen LogP contribution in [0.4, 0.5) is 4.79 Å². The van der Waals surface area contributed by atoms with Crippen LogP contribution in [0, 0.1) is 0 Å². The maximum atomic E-state index is 11.9. The van der Waals surface area contributed by atoms with Crippen LogP contribution < -0.4 is 0 Å². The molecule has 0 aromatic carbocycles. The lowest BCUT2D eigenvalue weighted by Crippen LogP contribution is -2.51. The Morgan fingerprint density at radius 2 is 1.65 bits per heavy atom. The molecule has 0 atom stereocenters. The van der Waals surface area contributed by atoms with E-state index in [0.717, 1.165) is 32.2 Å². The first-order valence-corrected chi connectivity index (χ1v) is 6.34. The largest absolute Gasteiger partial charge is 0.348 e. The average Bonchev–Trinajstić information content (AvgIpc) is 2.86. The minimum atomic E-state index is -0.337. The predicted molar refractivity (Wildman–Crippen MR) is 61.6 cm³/mol. The lowest BCUT2D eigenvalue weighted by molar-refractivity contribution is -0.189. The van der Waals surface area contributed by atoms with Gasteiger partial charge in [0.1, 0.15) is 0 Å². The van der Waals surface area contributed by atoms with Crippen molar-refractivity contribution in [2.45, 2.75) is 37.0 Å². The quantitative estimate of drug-likeness (QED) is 0.635. The fraction of sp³-hybridized carbons (Fsp3) is 0.917. The Morgan fingerprint density at radius 1 is 1.06 bits per heavy atom. The van der Waals surface area contributed by atoms with Crippen LogP contribution in [0.1, 0.15) is 25.7 Å². The van der Waals surface area contributed by atoms with Gasteiger partial charge in [-0.3, -0.25) is 0 Å². The molecule has 0 bridgehead atoms. The molecule has 5 heteroatoms. The van der Waals surface area contributed by atoms with Gasteiger partial charge in [0.05, 0.1) is 18.8 Å². The Hall–Kier alpha value is -0.810. The molecule has 2 spiro atoms. The molecule has 96 valence electrons. The summed E-state index contributed by atoms with van der Waals surface area (Å²) >= 11 is 0. The van der Waals surface area contributed by atoms with Gasteiger partial charge in [-0.05, 0) is 12.8 Å².